The van der Waals surface area contributed by atoms with E-state index in [1.54, 1.807) is 7.05 Å². The topological polar surface area (TPSA) is 65.5 Å². The van der Waals surface area contributed by atoms with Gasteiger partial charge in [0.1, 0.15) is 0 Å². The van der Waals surface area contributed by atoms with Crippen LogP contribution in [0.3, 0.4) is 0 Å². The lowest BCUT2D eigenvalue weighted by Gasteiger charge is -2.40. The first-order valence-electron chi connectivity index (χ1n) is 11.0. The van der Waals surface area contributed by atoms with E-state index in [9.17, 15) is 9.59 Å². The maximum atomic E-state index is 14.1. The minimum absolute atomic E-state index is 0.0452. The van der Waals surface area contributed by atoms with Crippen molar-refractivity contribution >= 4 is 29.1 Å². The van der Waals surface area contributed by atoms with Crippen molar-refractivity contribution in [3.8, 4) is 0 Å². The summed E-state index contributed by atoms with van der Waals surface area (Å²) in [6, 6.07) is 5.82. The molecule has 6 nitrogen and oxygen atoms in total. The number of nitrogens with zero attached hydrogens (tertiary/aromatic N) is 3. The molecule has 1 aliphatic carbocycles. The number of fused-ring (bicyclic) bond motifs is 3. The van der Waals surface area contributed by atoms with Gasteiger partial charge in [-0.2, -0.15) is 0 Å². The van der Waals surface area contributed by atoms with Crippen LogP contribution in [0.25, 0.3) is 0 Å². The first kappa shape index (κ1) is 20.5. The van der Waals surface area contributed by atoms with Crippen LogP contribution in [0.5, 0.6) is 0 Å². The van der Waals surface area contributed by atoms with Crippen molar-refractivity contribution in [1.29, 1.82) is 0 Å². The van der Waals surface area contributed by atoms with Gasteiger partial charge >= 0.3 is 0 Å². The van der Waals surface area contributed by atoms with Gasteiger partial charge < -0.3 is 10.2 Å². The van der Waals surface area contributed by atoms with E-state index < -0.39 is 5.41 Å². The molecule has 1 fully saturated rings. The molecule has 1 N–H and O–H groups in total. The predicted molar refractivity (Wildman–Crippen MR) is 120 cm³/mol. The molecular formula is C24H27ClN4O2. The van der Waals surface area contributed by atoms with Crippen LogP contribution < -0.4 is 10.2 Å². The number of hydrogen-bond donors (Lipinski definition) is 1. The van der Waals surface area contributed by atoms with E-state index in [1.807, 2.05) is 35.5 Å². The summed E-state index contributed by atoms with van der Waals surface area (Å²) in [5, 5.41) is 3.34. The average Bonchev–Trinajstić information content (AvgIpc) is 3.10. The molecular weight excluding hydrogens is 412 g/mol. The highest BCUT2D eigenvalue weighted by atomic mass is 35.5. The standard InChI is InChI=1S/C24H27ClN4O2/c1-26-22(30)14-28-13-17-6-7-18(25)10-20(17)24(15-28)8-9-29(23(24)31)21-12-27-11-16-4-2-3-5-19(16)21/h6-7,10-12H,2-5,8-9,13-15H2,1H3,(H,26,30). The van der Waals surface area contributed by atoms with Crippen LogP contribution in [0.1, 0.15) is 41.5 Å². The fraction of sp³-hybridized carbons (Fsp3) is 0.458. The molecule has 162 valence electrons. The number of hydrogen-bond acceptors (Lipinski definition) is 4. The molecule has 1 spiro atoms. The molecule has 1 atom stereocenters. The molecule has 1 aromatic heterocycles. The Bertz CT molecular complexity index is 1060. The fourth-order valence-corrected chi connectivity index (χ4v) is 5.73. The minimum atomic E-state index is -0.691. The highest BCUT2D eigenvalue weighted by Gasteiger charge is 2.52. The molecule has 3 aliphatic rings. The van der Waals surface area contributed by atoms with Crippen LogP contribution in [0.15, 0.2) is 30.6 Å². The number of amides is 2. The smallest absolute Gasteiger partial charge is 0.239 e. The van der Waals surface area contributed by atoms with Crippen molar-refractivity contribution in [2.75, 3.05) is 31.6 Å². The van der Waals surface area contributed by atoms with Crippen LogP contribution in [0, 0.1) is 0 Å². The summed E-state index contributed by atoms with van der Waals surface area (Å²) >= 11 is 6.36. The molecule has 0 radical (unpaired) electrons. The Balaban J connectivity index is 1.55. The van der Waals surface area contributed by atoms with E-state index >= 15 is 0 Å². The van der Waals surface area contributed by atoms with Crippen LogP contribution >= 0.6 is 11.6 Å². The van der Waals surface area contributed by atoms with Crippen LogP contribution in [-0.4, -0.2) is 48.4 Å². The van der Waals surface area contributed by atoms with Crippen molar-refractivity contribution in [3.63, 3.8) is 0 Å². The lowest BCUT2D eigenvalue weighted by molar-refractivity contribution is -0.126. The van der Waals surface area contributed by atoms with Gasteiger partial charge in [0.05, 0.1) is 23.8 Å². The zero-order valence-electron chi connectivity index (χ0n) is 17.8. The average molecular weight is 439 g/mol. The monoisotopic (exact) mass is 438 g/mol. The van der Waals surface area contributed by atoms with E-state index in [2.05, 4.69) is 15.2 Å². The zero-order chi connectivity index (χ0) is 21.6. The zero-order valence-corrected chi connectivity index (χ0v) is 18.5. The third-order valence-corrected chi connectivity index (χ3v) is 7.31. The number of halogens is 1. The molecule has 1 aromatic carbocycles. The Morgan fingerprint density at radius 3 is 2.90 bits per heavy atom. The van der Waals surface area contributed by atoms with Crippen LogP contribution in [0.4, 0.5) is 5.69 Å². The summed E-state index contributed by atoms with van der Waals surface area (Å²) < 4.78 is 0. The Labute approximate surface area is 187 Å². The van der Waals surface area contributed by atoms with Crippen molar-refractivity contribution in [3.05, 3.63) is 57.9 Å². The number of pyridine rings is 1. The number of anilines is 1. The van der Waals surface area contributed by atoms with Gasteiger partial charge in [-0.15, -0.1) is 0 Å². The van der Waals surface area contributed by atoms with Crippen molar-refractivity contribution in [2.45, 2.75) is 44.1 Å². The molecule has 5 rings (SSSR count). The Kier molecular flexibility index (Phi) is 5.22. The Morgan fingerprint density at radius 2 is 2.06 bits per heavy atom. The summed E-state index contributed by atoms with van der Waals surface area (Å²) in [6.45, 7) is 2.08. The minimum Gasteiger partial charge on any atom is -0.358 e. The summed E-state index contributed by atoms with van der Waals surface area (Å²) in [5.41, 5.74) is 4.90. The maximum Gasteiger partial charge on any atom is 0.239 e. The van der Waals surface area contributed by atoms with E-state index in [0.717, 1.165) is 36.1 Å². The number of benzene rings is 1. The van der Waals surface area contributed by atoms with Gasteiger partial charge in [-0.1, -0.05) is 17.7 Å². The third-order valence-electron chi connectivity index (χ3n) is 7.08. The van der Waals surface area contributed by atoms with Gasteiger partial charge in [-0.25, -0.2) is 0 Å². The Morgan fingerprint density at radius 1 is 1.23 bits per heavy atom. The first-order valence-corrected chi connectivity index (χ1v) is 11.4. The number of nitrogens with one attached hydrogen (secondary N) is 1. The highest BCUT2D eigenvalue weighted by molar-refractivity contribution is 6.30. The number of rotatable bonds is 3. The number of carbonyl (C=O) groups is 2. The summed E-state index contributed by atoms with van der Waals surface area (Å²) in [4.78, 5) is 34.6. The molecule has 3 heterocycles. The van der Waals surface area contributed by atoms with Gasteiger partial charge in [-0.05, 0) is 66.5 Å². The highest BCUT2D eigenvalue weighted by Crippen LogP contribution is 2.45. The van der Waals surface area contributed by atoms with E-state index in [0.29, 0.717) is 31.1 Å². The lowest BCUT2D eigenvalue weighted by Crippen LogP contribution is -2.52. The predicted octanol–water partition coefficient (Wildman–Crippen LogP) is 2.85. The molecule has 1 saturated heterocycles. The molecule has 0 saturated carbocycles. The van der Waals surface area contributed by atoms with E-state index in [1.165, 1.54) is 17.5 Å². The van der Waals surface area contributed by atoms with E-state index in [4.69, 9.17) is 11.6 Å². The number of carbonyl (C=O) groups excluding carboxylic acids is 2. The molecule has 7 heteroatoms. The molecule has 2 aromatic rings. The van der Waals surface area contributed by atoms with Crippen molar-refractivity contribution in [2.24, 2.45) is 0 Å². The molecule has 31 heavy (non-hydrogen) atoms. The van der Waals surface area contributed by atoms with Crippen molar-refractivity contribution < 1.29 is 9.59 Å². The third kappa shape index (κ3) is 3.42. The van der Waals surface area contributed by atoms with E-state index in [-0.39, 0.29) is 18.4 Å². The van der Waals surface area contributed by atoms with Gasteiger partial charge in [0.15, 0.2) is 0 Å². The maximum absolute atomic E-state index is 14.1. The van der Waals surface area contributed by atoms with Gasteiger partial charge in [0.25, 0.3) is 0 Å². The second-order valence-corrected chi connectivity index (χ2v) is 9.35. The van der Waals surface area contributed by atoms with Gasteiger partial charge in [0.2, 0.25) is 11.8 Å². The van der Waals surface area contributed by atoms with Gasteiger partial charge in [0, 0.05) is 37.9 Å². The second kappa shape index (κ2) is 7.92. The normalized spacial score (nSPS) is 23.0. The number of aromatic nitrogens is 1. The number of aryl methyl sites for hydroxylation is 1. The Hall–Kier alpha value is -2.44. The van der Waals surface area contributed by atoms with Gasteiger partial charge in [-0.3, -0.25) is 19.5 Å². The molecule has 1 unspecified atom stereocenters. The second-order valence-electron chi connectivity index (χ2n) is 8.91. The molecule has 2 aliphatic heterocycles. The SMILES string of the molecule is CNC(=O)CN1Cc2ccc(Cl)cc2C2(CCN(c3cncc4c3CCCC4)C2=O)C1. The molecule has 2 amide bonds. The number of likely N-dealkylation sites (N-methyl/N-ethyl adjacent to an activating group) is 1. The first-order chi connectivity index (χ1) is 15.0. The summed E-state index contributed by atoms with van der Waals surface area (Å²) in [6.07, 6.45) is 8.86. The summed E-state index contributed by atoms with van der Waals surface area (Å²) in [7, 11) is 1.64. The van der Waals surface area contributed by atoms with Crippen LogP contribution in [0.2, 0.25) is 5.02 Å². The quantitative estimate of drug-likeness (QED) is 0.800. The lowest BCUT2D eigenvalue weighted by atomic mass is 9.73. The summed E-state index contributed by atoms with van der Waals surface area (Å²) in [5.74, 6) is 0.0505. The fourth-order valence-electron chi connectivity index (χ4n) is 5.56. The largest absolute Gasteiger partial charge is 0.358 e. The molecule has 0 bridgehead atoms. The van der Waals surface area contributed by atoms with Crippen molar-refractivity contribution in [1.82, 2.24) is 15.2 Å². The van der Waals surface area contributed by atoms with Crippen LogP contribution in [-0.2, 0) is 34.4 Å².